The van der Waals surface area contributed by atoms with Crippen LogP contribution in [0, 0.1) is 0 Å². The van der Waals surface area contributed by atoms with E-state index in [0.29, 0.717) is 19.4 Å². The lowest BCUT2D eigenvalue weighted by molar-refractivity contribution is -0.145. The van der Waals surface area contributed by atoms with E-state index < -0.39 is 12.0 Å². The molecule has 2 rings (SSSR count). The molecule has 98 valence electrons. The lowest BCUT2D eigenvalue weighted by Gasteiger charge is -2.32. The number of nitrogens with zero attached hydrogens (tertiary/aromatic N) is 1. The van der Waals surface area contributed by atoms with Crippen LogP contribution in [0.2, 0.25) is 0 Å². The van der Waals surface area contributed by atoms with Gasteiger partial charge in [-0.05, 0) is 19.3 Å². The second kappa shape index (κ2) is 5.69. The summed E-state index contributed by atoms with van der Waals surface area (Å²) in [7, 11) is 0. The number of fused-ring (bicyclic) bond motifs is 2. The minimum atomic E-state index is -0.770. The number of hydrogen-bond acceptors (Lipinski definition) is 3. The summed E-state index contributed by atoms with van der Waals surface area (Å²) in [4.78, 5) is 24.7. The molecule has 2 fully saturated rings. The topological polar surface area (TPSA) is 69.6 Å². The van der Waals surface area contributed by atoms with E-state index in [1.807, 2.05) is 11.8 Å². The van der Waals surface area contributed by atoms with Crippen LogP contribution in [-0.2, 0) is 9.59 Å². The molecule has 0 aromatic heterocycles. The van der Waals surface area contributed by atoms with Gasteiger partial charge >= 0.3 is 5.97 Å². The molecular formula is C11H19ClN2O3. The molecule has 5 nitrogen and oxygen atoms in total. The van der Waals surface area contributed by atoms with E-state index >= 15 is 0 Å². The Hall–Kier alpha value is -0.810. The first-order valence-corrected chi connectivity index (χ1v) is 5.90. The lowest BCUT2D eigenvalue weighted by Crippen LogP contribution is -2.48. The molecule has 0 aromatic rings. The number of halogens is 1. The van der Waals surface area contributed by atoms with E-state index in [0.717, 1.165) is 12.8 Å². The molecular weight excluding hydrogens is 244 g/mol. The van der Waals surface area contributed by atoms with E-state index in [4.69, 9.17) is 0 Å². The van der Waals surface area contributed by atoms with Gasteiger partial charge < -0.3 is 10.4 Å². The SMILES string of the molecule is CCC(C(=O)O)N1C2CCC1CC(=O)NC2.Cl. The van der Waals surface area contributed by atoms with Gasteiger partial charge in [0.2, 0.25) is 5.91 Å². The van der Waals surface area contributed by atoms with Crippen molar-refractivity contribution in [1.29, 1.82) is 0 Å². The predicted molar refractivity (Wildman–Crippen MR) is 65.2 cm³/mol. The zero-order valence-corrected chi connectivity index (χ0v) is 10.7. The number of carboxylic acid groups (broad SMARTS) is 1. The number of hydrogen-bond donors (Lipinski definition) is 2. The smallest absolute Gasteiger partial charge is 0.320 e. The van der Waals surface area contributed by atoms with E-state index in [9.17, 15) is 14.7 Å². The summed E-state index contributed by atoms with van der Waals surface area (Å²) in [6.45, 7) is 2.48. The minimum Gasteiger partial charge on any atom is -0.480 e. The van der Waals surface area contributed by atoms with Crippen LogP contribution in [0.3, 0.4) is 0 Å². The Balaban J connectivity index is 0.00000144. The maximum Gasteiger partial charge on any atom is 0.320 e. The fourth-order valence-electron chi connectivity index (χ4n) is 2.94. The third-order valence-corrected chi connectivity index (χ3v) is 3.66. The van der Waals surface area contributed by atoms with Crippen LogP contribution < -0.4 is 5.32 Å². The molecule has 0 radical (unpaired) electrons. The van der Waals surface area contributed by atoms with E-state index in [1.165, 1.54) is 0 Å². The van der Waals surface area contributed by atoms with Crippen LogP contribution in [0.15, 0.2) is 0 Å². The number of carboxylic acids is 1. The van der Waals surface area contributed by atoms with Crippen LogP contribution in [0.5, 0.6) is 0 Å². The Bertz CT molecular complexity index is 311. The Morgan fingerprint density at radius 1 is 1.53 bits per heavy atom. The van der Waals surface area contributed by atoms with Crippen LogP contribution >= 0.6 is 12.4 Å². The third kappa shape index (κ3) is 2.72. The summed E-state index contributed by atoms with van der Waals surface area (Å²) in [6, 6.07) is -0.115. The Morgan fingerprint density at radius 3 is 2.76 bits per heavy atom. The van der Waals surface area contributed by atoms with Crippen molar-refractivity contribution >= 4 is 24.3 Å². The number of nitrogens with one attached hydrogen (secondary N) is 1. The van der Waals surface area contributed by atoms with Gasteiger partial charge in [0, 0.05) is 25.0 Å². The number of amides is 1. The summed E-state index contributed by atoms with van der Waals surface area (Å²) < 4.78 is 0. The molecule has 2 bridgehead atoms. The van der Waals surface area contributed by atoms with Gasteiger partial charge in [0.15, 0.2) is 0 Å². The van der Waals surface area contributed by atoms with E-state index in [-0.39, 0.29) is 30.4 Å². The van der Waals surface area contributed by atoms with Gasteiger partial charge in [-0.25, -0.2) is 0 Å². The number of aliphatic carboxylic acids is 1. The molecule has 1 amide bonds. The van der Waals surface area contributed by atoms with Crippen molar-refractivity contribution in [3.05, 3.63) is 0 Å². The standard InChI is InChI=1S/C11H18N2O3.ClH/c1-2-9(11(15)16)13-7-3-4-8(13)6-12-10(14)5-7;/h7-9H,2-6H2,1H3,(H,12,14)(H,15,16);1H. The van der Waals surface area contributed by atoms with Crippen molar-refractivity contribution in [1.82, 2.24) is 10.2 Å². The summed E-state index contributed by atoms with van der Waals surface area (Å²) in [5.74, 6) is -0.716. The van der Waals surface area contributed by atoms with Gasteiger partial charge in [0.05, 0.1) is 0 Å². The van der Waals surface area contributed by atoms with Crippen molar-refractivity contribution in [2.45, 2.75) is 50.7 Å². The van der Waals surface area contributed by atoms with Crippen molar-refractivity contribution < 1.29 is 14.7 Å². The maximum absolute atomic E-state index is 11.4. The Labute approximate surface area is 107 Å². The van der Waals surface area contributed by atoms with Crippen LogP contribution in [0.1, 0.15) is 32.6 Å². The van der Waals surface area contributed by atoms with Crippen LogP contribution in [0.25, 0.3) is 0 Å². The molecule has 3 unspecified atom stereocenters. The average molecular weight is 263 g/mol. The zero-order valence-electron chi connectivity index (χ0n) is 9.89. The Kier molecular flexibility index (Phi) is 4.77. The second-order valence-corrected chi connectivity index (χ2v) is 4.60. The minimum absolute atomic E-state index is 0. The van der Waals surface area contributed by atoms with Crippen LogP contribution in [0.4, 0.5) is 0 Å². The summed E-state index contributed by atoms with van der Waals surface area (Å²) in [5, 5.41) is 12.0. The van der Waals surface area contributed by atoms with Gasteiger partial charge in [0.1, 0.15) is 6.04 Å². The molecule has 6 heteroatoms. The average Bonchev–Trinajstić information content (AvgIpc) is 2.50. The van der Waals surface area contributed by atoms with Gasteiger partial charge in [-0.3, -0.25) is 14.5 Å². The molecule has 2 aliphatic heterocycles. The van der Waals surface area contributed by atoms with Gasteiger partial charge in [0.25, 0.3) is 0 Å². The molecule has 2 saturated heterocycles. The molecule has 3 atom stereocenters. The summed E-state index contributed by atoms with van der Waals surface area (Å²) in [5.41, 5.74) is 0. The van der Waals surface area contributed by atoms with Gasteiger partial charge in [-0.2, -0.15) is 0 Å². The number of carbonyl (C=O) groups excluding carboxylic acids is 1. The number of rotatable bonds is 3. The highest BCUT2D eigenvalue weighted by Crippen LogP contribution is 2.31. The van der Waals surface area contributed by atoms with Crippen molar-refractivity contribution in [3.8, 4) is 0 Å². The first-order valence-electron chi connectivity index (χ1n) is 5.90. The lowest BCUT2D eigenvalue weighted by atomic mass is 10.1. The summed E-state index contributed by atoms with van der Waals surface area (Å²) >= 11 is 0. The van der Waals surface area contributed by atoms with Crippen molar-refractivity contribution in [3.63, 3.8) is 0 Å². The fraction of sp³-hybridized carbons (Fsp3) is 0.818. The molecule has 2 N–H and O–H groups in total. The molecule has 2 aliphatic rings. The normalized spacial score (nSPS) is 30.1. The monoisotopic (exact) mass is 262 g/mol. The van der Waals surface area contributed by atoms with Crippen LogP contribution in [-0.4, -0.2) is 46.6 Å². The van der Waals surface area contributed by atoms with Crippen molar-refractivity contribution in [2.75, 3.05) is 6.54 Å². The molecule has 17 heavy (non-hydrogen) atoms. The predicted octanol–water partition coefficient (Wildman–Crippen LogP) is 0.624. The molecule has 0 saturated carbocycles. The van der Waals surface area contributed by atoms with Gasteiger partial charge in [-0.15, -0.1) is 12.4 Å². The molecule has 2 heterocycles. The van der Waals surface area contributed by atoms with E-state index in [1.54, 1.807) is 0 Å². The zero-order chi connectivity index (χ0) is 11.7. The maximum atomic E-state index is 11.4. The first kappa shape index (κ1) is 14.3. The molecule has 0 aromatic carbocycles. The Morgan fingerprint density at radius 2 is 2.18 bits per heavy atom. The largest absolute Gasteiger partial charge is 0.480 e. The summed E-state index contributed by atoms with van der Waals surface area (Å²) in [6.07, 6.45) is 2.98. The third-order valence-electron chi connectivity index (χ3n) is 3.66. The first-order chi connectivity index (χ1) is 7.63. The molecule has 0 spiro atoms. The second-order valence-electron chi connectivity index (χ2n) is 4.60. The van der Waals surface area contributed by atoms with E-state index in [2.05, 4.69) is 5.32 Å². The van der Waals surface area contributed by atoms with Crippen molar-refractivity contribution in [2.24, 2.45) is 0 Å². The fourth-order valence-corrected chi connectivity index (χ4v) is 2.94. The quantitative estimate of drug-likeness (QED) is 0.783. The molecule has 0 aliphatic carbocycles. The highest BCUT2D eigenvalue weighted by Gasteiger charge is 2.42. The highest BCUT2D eigenvalue weighted by molar-refractivity contribution is 5.85. The van der Waals surface area contributed by atoms with Gasteiger partial charge in [-0.1, -0.05) is 6.92 Å². The highest BCUT2D eigenvalue weighted by atomic mass is 35.5. The number of carbonyl (C=O) groups is 2.